The molecule has 2 nitrogen and oxygen atoms in total. The van der Waals surface area contributed by atoms with Crippen LogP contribution in [0.4, 0.5) is 0 Å². The number of nitrogens with zero attached hydrogens (tertiary/aromatic N) is 1. The number of halogens is 1. The van der Waals surface area contributed by atoms with Crippen molar-refractivity contribution in [1.29, 1.82) is 0 Å². The number of unbranched alkanes of at least 4 members (excludes halogenated alkanes) is 18. The summed E-state index contributed by atoms with van der Waals surface area (Å²) in [5.41, 5.74) is 0. The zero-order chi connectivity index (χ0) is 22.3. The Balaban J connectivity index is 0. The molecule has 0 aliphatic carbocycles. The third kappa shape index (κ3) is 24.7. The number of likely N-dealkylation sites (N-methyl/N-ethyl adjacent to an activating group) is 1. The summed E-state index contributed by atoms with van der Waals surface area (Å²) in [6, 6.07) is 0. The summed E-state index contributed by atoms with van der Waals surface area (Å²) in [4.78, 5) is 0. The summed E-state index contributed by atoms with van der Waals surface area (Å²) in [5.74, 6) is 0. The molecule has 0 aliphatic rings. The standard InChI is InChI=1S/C28H60NO.ClH/c1-5-7-9-11-13-15-17-19-21-23-25-29(4,27-28(3)30)26-24-22-20-18-16-14-12-10-8-6-2;/h28,30H,5-27H2,1-4H3;1H/q+1;/p-1. The highest BCUT2D eigenvalue weighted by Crippen LogP contribution is 2.16. The topological polar surface area (TPSA) is 20.2 Å². The smallest absolute Gasteiger partial charge is 0.104 e. The molecule has 190 valence electrons. The van der Waals surface area contributed by atoms with Crippen LogP contribution in [-0.2, 0) is 0 Å². The van der Waals surface area contributed by atoms with E-state index in [9.17, 15) is 5.11 Å². The third-order valence-corrected chi connectivity index (χ3v) is 6.81. The molecule has 0 fully saturated rings. The van der Waals surface area contributed by atoms with Gasteiger partial charge in [-0.1, -0.05) is 117 Å². The lowest BCUT2D eigenvalue weighted by Crippen LogP contribution is -3.00. The predicted octanol–water partition coefficient (Wildman–Crippen LogP) is 5.66. The van der Waals surface area contributed by atoms with Gasteiger partial charge in [0, 0.05) is 0 Å². The Morgan fingerprint density at radius 2 is 0.774 bits per heavy atom. The van der Waals surface area contributed by atoms with Crippen LogP contribution in [0.15, 0.2) is 0 Å². The number of aliphatic hydroxyl groups is 1. The van der Waals surface area contributed by atoms with Gasteiger partial charge in [0.2, 0.25) is 0 Å². The monoisotopic (exact) mass is 461 g/mol. The van der Waals surface area contributed by atoms with Crippen molar-refractivity contribution in [2.45, 2.75) is 155 Å². The van der Waals surface area contributed by atoms with E-state index < -0.39 is 0 Å². The summed E-state index contributed by atoms with van der Waals surface area (Å²) in [6.07, 6.45) is 27.9. The molecule has 0 heterocycles. The van der Waals surface area contributed by atoms with E-state index in [2.05, 4.69) is 20.9 Å². The maximum atomic E-state index is 10.00. The van der Waals surface area contributed by atoms with E-state index in [-0.39, 0.29) is 18.5 Å². The minimum Gasteiger partial charge on any atom is -1.00 e. The Kier molecular flexibility index (Phi) is 26.8. The second kappa shape index (κ2) is 24.8. The molecule has 0 spiro atoms. The van der Waals surface area contributed by atoms with Crippen molar-refractivity contribution in [3.05, 3.63) is 0 Å². The molecule has 3 heteroatoms. The number of hydrogen-bond acceptors (Lipinski definition) is 1. The molecule has 1 atom stereocenters. The summed E-state index contributed by atoms with van der Waals surface area (Å²) in [6.45, 7) is 9.97. The molecular weight excluding hydrogens is 402 g/mol. The SMILES string of the molecule is CCCCCCCCCCCC[N+](C)(CCCCCCCCCCCC)CC(C)O.[Cl-]. The van der Waals surface area contributed by atoms with E-state index in [0.29, 0.717) is 0 Å². The molecule has 0 amide bonds. The van der Waals surface area contributed by atoms with Crippen molar-refractivity contribution in [3.63, 3.8) is 0 Å². The molecule has 0 aromatic carbocycles. The summed E-state index contributed by atoms with van der Waals surface area (Å²) in [5, 5.41) is 10.00. The zero-order valence-electron chi connectivity index (χ0n) is 22.1. The molecular formula is C28H60ClNO. The number of aliphatic hydroxyl groups excluding tert-OH is 1. The van der Waals surface area contributed by atoms with E-state index in [1.54, 1.807) is 0 Å². The summed E-state index contributed by atoms with van der Waals surface area (Å²) < 4.78 is 1.08. The van der Waals surface area contributed by atoms with Crippen LogP contribution in [0.25, 0.3) is 0 Å². The van der Waals surface area contributed by atoms with Crippen LogP contribution >= 0.6 is 0 Å². The van der Waals surface area contributed by atoms with Gasteiger partial charge in [0.25, 0.3) is 0 Å². The molecule has 0 radical (unpaired) electrons. The maximum Gasteiger partial charge on any atom is 0.104 e. The van der Waals surface area contributed by atoms with Gasteiger partial charge < -0.3 is 22.0 Å². The van der Waals surface area contributed by atoms with Crippen LogP contribution in [0.1, 0.15) is 149 Å². The van der Waals surface area contributed by atoms with Gasteiger partial charge in [-0.15, -0.1) is 0 Å². The van der Waals surface area contributed by atoms with Crippen LogP contribution in [-0.4, -0.2) is 42.4 Å². The number of quaternary nitrogens is 1. The Labute approximate surface area is 204 Å². The Morgan fingerprint density at radius 1 is 0.516 bits per heavy atom. The highest BCUT2D eigenvalue weighted by molar-refractivity contribution is 4.53. The average Bonchev–Trinajstić information content (AvgIpc) is 2.70. The highest BCUT2D eigenvalue weighted by Gasteiger charge is 2.22. The van der Waals surface area contributed by atoms with Gasteiger partial charge in [-0.05, 0) is 32.6 Å². The van der Waals surface area contributed by atoms with E-state index in [1.807, 2.05) is 6.92 Å². The fourth-order valence-electron chi connectivity index (χ4n) is 4.89. The maximum absolute atomic E-state index is 10.00. The molecule has 1 unspecified atom stereocenters. The van der Waals surface area contributed by atoms with E-state index in [4.69, 9.17) is 0 Å². The van der Waals surface area contributed by atoms with Crippen LogP contribution in [0.5, 0.6) is 0 Å². The predicted molar refractivity (Wildman–Crippen MR) is 136 cm³/mol. The van der Waals surface area contributed by atoms with E-state index >= 15 is 0 Å². The summed E-state index contributed by atoms with van der Waals surface area (Å²) >= 11 is 0. The van der Waals surface area contributed by atoms with Crippen molar-refractivity contribution in [1.82, 2.24) is 0 Å². The Morgan fingerprint density at radius 3 is 1.03 bits per heavy atom. The lowest BCUT2D eigenvalue weighted by molar-refractivity contribution is -0.912. The minimum atomic E-state index is -0.179. The largest absolute Gasteiger partial charge is 1.00 e. The highest BCUT2D eigenvalue weighted by atomic mass is 35.5. The quantitative estimate of drug-likeness (QED) is 0.145. The first-order valence-corrected chi connectivity index (χ1v) is 14.1. The van der Waals surface area contributed by atoms with Crippen LogP contribution in [0.3, 0.4) is 0 Å². The molecule has 0 saturated heterocycles. The first-order chi connectivity index (χ1) is 14.5. The first kappa shape index (κ1) is 33.4. The summed E-state index contributed by atoms with van der Waals surface area (Å²) in [7, 11) is 2.38. The number of rotatable bonds is 24. The van der Waals surface area contributed by atoms with Gasteiger partial charge in [-0.25, -0.2) is 0 Å². The van der Waals surface area contributed by atoms with Crippen LogP contribution in [0.2, 0.25) is 0 Å². The molecule has 0 saturated carbocycles. The molecule has 0 aromatic heterocycles. The molecule has 1 N–H and O–H groups in total. The van der Waals surface area contributed by atoms with Crippen molar-refractivity contribution in [2.75, 3.05) is 26.7 Å². The van der Waals surface area contributed by atoms with Crippen molar-refractivity contribution in [2.24, 2.45) is 0 Å². The lowest BCUT2D eigenvalue weighted by Gasteiger charge is -2.36. The van der Waals surface area contributed by atoms with Gasteiger partial charge in [-0.3, -0.25) is 0 Å². The zero-order valence-corrected chi connectivity index (χ0v) is 22.9. The molecule has 31 heavy (non-hydrogen) atoms. The molecule has 0 aromatic rings. The Bertz CT molecular complexity index is 311. The van der Waals surface area contributed by atoms with Crippen LogP contribution in [0, 0.1) is 0 Å². The van der Waals surface area contributed by atoms with Gasteiger partial charge in [-0.2, -0.15) is 0 Å². The fraction of sp³-hybridized carbons (Fsp3) is 1.00. The fourth-order valence-corrected chi connectivity index (χ4v) is 4.89. The van der Waals surface area contributed by atoms with Gasteiger partial charge in [0.1, 0.15) is 12.6 Å². The molecule has 0 rings (SSSR count). The third-order valence-electron chi connectivity index (χ3n) is 6.81. The lowest BCUT2D eigenvalue weighted by atomic mass is 10.1. The van der Waals surface area contributed by atoms with E-state index in [0.717, 1.165) is 11.0 Å². The van der Waals surface area contributed by atoms with Crippen molar-refractivity contribution < 1.29 is 22.0 Å². The van der Waals surface area contributed by atoms with Crippen LogP contribution < -0.4 is 12.4 Å². The van der Waals surface area contributed by atoms with Gasteiger partial charge in [0.05, 0.1) is 20.1 Å². The second-order valence-electron chi connectivity index (χ2n) is 10.5. The van der Waals surface area contributed by atoms with E-state index in [1.165, 1.54) is 142 Å². The minimum absolute atomic E-state index is 0. The van der Waals surface area contributed by atoms with Crippen molar-refractivity contribution in [3.8, 4) is 0 Å². The van der Waals surface area contributed by atoms with Gasteiger partial charge >= 0.3 is 0 Å². The normalized spacial score (nSPS) is 12.7. The molecule has 0 bridgehead atoms. The second-order valence-corrected chi connectivity index (χ2v) is 10.5. The number of hydrogen-bond donors (Lipinski definition) is 1. The van der Waals surface area contributed by atoms with Gasteiger partial charge in [0.15, 0.2) is 0 Å². The Hall–Kier alpha value is 0.210. The van der Waals surface area contributed by atoms with Crippen molar-refractivity contribution >= 4 is 0 Å². The average molecular weight is 462 g/mol. The first-order valence-electron chi connectivity index (χ1n) is 14.1. The molecule has 0 aliphatic heterocycles.